The van der Waals surface area contributed by atoms with Gasteiger partial charge in [0, 0.05) is 34.0 Å². The van der Waals surface area contributed by atoms with Gasteiger partial charge in [-0.25, -0.2) is 9.78 Å². The Morgan fingerprint density at radius 2 is 1.80 bits per heavy atom. The van der Waals surface area contributed by atoms with Crippen molar-refractivity contribution < 1.29 is 9.59 Å². The number of aromatic nitrogens is 4. The van der Waals surface area contributed by atoms with Crippen LogP contribution in [-0.4, -0.2) is 30.5 Å². The van der Waals surface area contributed by atoms with Gasteiger partial charge in [-0.05, 0) is 31.0 Å². The Hall–Kier alpha value is -3.69. The van der Waals surface area contributed by atoms with Crippen molar-refractivity contribution in [3.8, 4) is 0 Å². The van der Waals surface area contributed by atoms with Crippen molar-refractivity contribution in [1.29, 1.82) is 0 Å². The summed E-state index contributed by atoms with van der Waals surface area (Å²) in [6, 6.07) is 5.37. The number of nitrogens with one attached hydrogen (secondary N) is 2. The Morgan fingerprint density at radius 1 is 1.07 bits per heavy atom. The fourth-order valence-corrected chi connectivity index (χ4v) is 3.25. The molecular formula is C20H24N6O4. The molecule has 10 heteroatoms. The summed E-state index contributed by atoms with van der Waals surface area (Å²) < 4.78 is 4.01. The molecule has 0 saturated heterocycles. The van der Waals surface area contributed by atoms with Crippen LogP contribution >= 0.6 is 0 Å². The normalized spacial score (nSPS) is 10.9. The molecule has 3 aromatic rings. The van der Waals surface area contributed by atoms with E-state index in [0.29, 0.717) is 35.5 Å². The van der Waals surface area contributed by atoms with Crippen LogP contribution in [0.25, 0.3) is 11.2 Å². The zero-order valence-corrected chi connectivity index (χ0v) is 17.4. The van der Waals surface area contributed by atoms with E-state index in [0.717, 1.165) is 10.1 Å². The molecule has 0 fully saturated rings. The molecule has 3 rings (SSSR count). The summed E-state index contributed by atoms with van der Waals surface area (Å²) in [6.07, 6.45) is 2.17. The van der Waals surface area contributed by atoms with Gasteiger partial charge in [0.05, 0.1) is 17.7 Å². The minimum absolute atomic E-state index is 0.208. The van der Waals surface area contributed by atoms with Gasteiger partial charge in [-0.3, -0.25) is 23.5 Å². The number of carbonyl (C=O) groups excluding carboxylic acids is 2. The SMILES string of the molecule is CC(=O)Nc1ccc(C)cc1NC(=O)CCCn1cnc2c1c(=O)n(C)c(=O)n2C. The highest BCUT2D eigenvalue weighted by Gasteiger charge is 2.14. The second-order valence-corrected chi connectivity index (χ2v) is 7.20. The number of rotatable bonds is 6. The number of hydrogen-bond donors (Lipinski definition) is 2. The molecule has 0 bridgehead atoms. The molecule has 2 aromatic heterocycles. The minimum atomic E-state index is -0.440. The predicted molar refractivity (Wildman–Crippen MR) is 114 cm³/mol. The summed E-state index contributed by atoms with van der Waals surface area (Å²) >= 11 is 0. The van der Waals surface area contributed by atoms with Crippen molar-refractivity contribution in [3.05, 3.63) is 50.9 Å². The Balaban J connectivity index is 1.70. The van der Waals surface area contributed by atoms with Gasteiger partial charge >= 0.3 is 5.69 Å². The number of anilines is 2. The first kappa shape index (κ1) is 21.0. The summed E-state index contributed by atoms with van der Waals surface area (Å²) in [5, 5.41) is 5.52. The maximum absolute atomic E-state index is 12.5. The Morgan fingerprint density at radius 3 is 2.50 bits per heavy atom. The average Bonchev–Trinajstić information content (AvgIpc) is 3.10. The highest BCUT2D eigenvalue weighted by atomic mass is 16.2. The molecule has 0 aliphatic heterocycles. The highest BCUT2D eigenvalue weighted by molar-refractivity contribution is 5.99. The van der Waals surface area contributed by atoms with E-state index in [2.05, 4.69) is 15.6 Å². The van der Waals surface area contributed by atoms with Crippen molar-refractivity contribution in [3.63, 3.8) is 0 Å². The van der Waals surface area contributed by atoms with E-state index >= 15 is 0 Å². The van der Waals surface area contributed by atoms with E-state index in [-0.39, 0.29) is 18.2 Å². The van der Waals surface area contributed by atoms with Gasteiger partial charge in [0.2, 0.25) is 11.8 Å². The monoisotopic (exact) mass is 412 g/mol. The predicted octanol–water partition coefficient (Wildman–Crippen LogP) is 1.12. The zero-order chi connectivity index (χ0) is 22.0. The van der Waals surface area contributed by atoms with E-state index in [1.165, 1.54) is 24.9 Å². The van der Waals surface area contributed by atoms with Crippen molar-refractivity contribution in [1.82, 2.24) is 18.7 Å². The molecule has 2 heterocycles. The summed E-state index contributed by atoms with van der Waals surface area (Å²) in [5.41, 5.74) is 1.79. The molecule has 1 aromatic carbocycles. The molecule has 0 aliphatic carbocycles. The lowest BCUT2D eigenvalue weighted by atomic mass is 10.1. The van der Waals surface area contributed by atoms with Crippen LogP contribution in [0.5, 0.6) is 0 Å². The Kier molecular flexibility index (Phi) is 5.86. The number of nitrogens with zero attached hydrogens (tertiary/aromatic N) is 4. The van der Waals surface area contributed by atoms with Crippen molar-refractivity contribution in [2.45, 2.75) is 33.2 Å². The second kappa shape index (κ2) is 8.36. The van der Waals surface area contributed by atoms with Crippen molar-refractivity contribution in [2.75, 3.05) is 10.6 Å². The zero-order valence-electron chi connectivity index (χ0n) is 17.4. The first-order valence-electron chi connectivity index (χ1n) is 9.48. The van der Waals surface area contributed by atoms with Gasteiger partial charge in [0.1, 0.15) is 0 Å². The van der Waals surface area contributed by atoms with Crippen molar-refractivity contribution in [2.24, 2.45) is 14.1 Å². The maximum atomic E-state index is 12.5. The van der Waals surface area contributed by atoms with Crippen LogP contribution < -0.4 is 21.9 Å². The third-order valence-corrected chi connectivity index (χ3v) is 4.78. The van der Waals surface area contributed by atoms with Crippen molar-refractivity contribution >= 4 is 34.4 Å². The third kappa shape index (κ3) is 4.17. The topological polar surface area (TPSA) is 120 Å². The van der Waals surface area contributed by atoms with Gasteiger partial charge in [0.25, 0.3) is 5.56 Å². The maximum Gasteiger partial charge on any atom is 0.332 e. The van der Waals surface area contributed by atoms with E-state index < -0.39 is 11.2 Å². The van der Waals surface area contributed by atoms with E-state index in [1.54, 1.807) is 23.7 Å². The first-order chi connectivity index (χ1) is 14.2. The van der Waals surface area contributed by atoms with Crippen LogP contribution in [-0.2, 0) is 30.2 Å². The molecule has 30 heavy (non-hydrogen) atoms. The van der Waals surface area contributed by atoms with Crippen LogP contribution in [0.15, 0.2) is 34.1 Å². The average molecular weight is 412 g/mol. The van der Waals surface area contributed by atoms with Crippen LogP contribution in [0.1, 0.15) is 25.3 Å². The summed E-state index contributed by atoms with van der Waals surface area (Å²) in [6.45, 7) is 3.69. The fraction of sp³-hybridized carbons (Fsp3) is 0.350. The number of amides is 2. The number of imidazole rings is 1. The van der Waals surface area contributed by atoms with Gasteiger partial charge < -0.3 is 15.2 Å². The van der Waals surface area contributed by atoms with E-state index in [1.807, 2.05) is 13.0 Å². The van der Waals surface area contributed by atoms with Gasteiger partial charge in [-0.2, -0.15) is 0 Å². The van der Waals surface area contributed by atoms with Gasteiger partial charge in [-0.1, -0.05) is 6.07 Å². The third-order valence-electron chi connectivity index (χ3n) is 4.78. The standard InChI is InChI=1S/C20H24N6O4/c1-12-7-8-14(22-13(2)27)15(10-12)23-16(28)6-5-9-26-11-21-18-17(26)19(29)25(4)20(30)24(18)3/h7-8,10-11H,5-6,9H2,1-4H3,(H,22,27)(H,23,28). The van der Waals surface area contributed by atoms with Crippen LogP contribution in [0.2, 0.25) is 0 Å². The van der Waals surface area contributed by atoms with Gasteiger partial charge in [-0.15, -0.1) is 0 Å². The first-order valence-corrected chi connectivity index (χ1v) is 9.48. The summed E-state index contributed by atoms with van der Waals surface area (Å²) in [5.74, 6) is -0.436. The minimum Gasteiger partial charge on any atom is -0.325 e. The molecule has 0 aliphatic rings. The fourth-order valence-electron chi connectivity index (χ4n) is 3.25. The number of hydrogen-bond acceptors (Lipinski definition) is 5. The molecule has 0 unspecified atom stereocenters. The smallest absolute Gasteiger partial charge is 0.325 e. The highest BCUT2D eigenvalue weighted by Crippen LogP contribution is 2.23. The lowest BCUT2D eigenvalue weighted by Crippen LogP contribution is -2.37. The summed E-state index contributed by atoms with van der Waals surface area (Å²) in [4.78, 5) is 52.4. The van der Waals surface area contributed by atoms with Gasteiger partial charge in [0.15, 0.2) is 11.2 Å². The van der Waals surface area contributed by atoms with E-state index in [9.17, 15) is 19.2 Å². The number of fused-ring (bicyclic) bond motifs is 1. The molecule has 10 nitrogen and oxygen atoms in total. The molecule has 0 atom stereocenters. The molecule has 0 spiro atoms. The number of benzene rings is 1. The number of aryl methyl sites for hydroxylation is 3. The largest absolute Gasteiger partial charge is 0.332 e. The molecule has 158 valence electrons. The van der Waals surface area contributed by atoms with Crippen LogP contribution in [0.3, 0.4) is 0 Å². The Labute approximate surface area is 172 Å². The second-order valence-electron chi connectivity index (χ2n) is 7.20. The Bertz CT molecular complexity index is 1250. The molecular weight excluding hydrogens is 388 g/mol. The van der Waals surface area contributed by atoms with Crippen LogP contribution in [0, 0.1) is 6.92 Å². The molecule has 2 N–H and O–H groups in total. The molecule has 2 amide bonds. The molecule has 0 radical (unpaired) electrons. The van der Waals surface area contributed by atoms with E-state index in [4.69, 9.17) is 0 Å². The lowest BCUT2D eigenvalue weighted by Gasteiger charge is -2.12. The quantitative estimate of drug-likeness (QED) is 0.629. The lowest BCUT2D eigenvalue weighted by molar-refractivity contribution is -0.116. The summed E-state index contributed by atoms with van der Waals surface area (Å²) in [7, 11) is 2.98. The number of carbonyl (C=O) groups is 2. The molecule has 0 saturated carbocycles. The van der Waals surface area contributed by atoms with Crippen LogP contribution in [0.4, 0.5) is 11.4 Å².